The van der Waals surface area contributed by atoms with Crippen molar-refractivity contribution in [1.82, 2.24) is 9.88 Å². The van der Waals surface area contributed by atoms with Gasteiger partial charge in [0.15, 0.2) is 0 Å². The Bertz CT molecular complexity index is 336. The highest BCUT2D eigenvalue weighted by Gasteiger charge is 2.23. The Morgan fingerprint density at radius 3 is 2.94 bits per heavy atom. The van der Waals surface area contributed by atoms with E-state index in [0.717, 1.165) is 18.0 Å². The second kappa shape index (κ2) is 6.72. The first-order chi connectivity index (χ1) is 8.31. The molecule has 0 radical (unpaired) electrons. The average Bonchev–Trinajstić information content (AvgIpc) is 3.04. The van der Waals surface area contributed by atoms with E-state index in [1.165, 1.54) is 43.9 Å². The van der Waals surface area contributed by atoms with Crippen LogP contribution in [0.1, 0.15) is 36.9 Å². The van der Waals surface area contributed by atoms with E-state index in [1.54, 1.807) is 11.3 Å². The molecule has 17 heavy (non-hydrogen) atoms. The number of rotatable bonds is 8. The highest BCUT2D eigenvalue weighted by Crippen LogP contribution is 2.29. The zero-order valence-electron chi connectivity index (χ0n) is 10.5. The minimum absolute atomic E-state index is 0.541. The van der Waals surface area contributed by atoms with Gasteiger partial charge < -0.3 is 4.90 Å². The Morgan fingerprint density at radius 1 is 1.53 bits per heavy atom. The maximum atomic E-state index is 5.75. The molecule has 2 rings (SSSR count). The molecule has 4 heteroatoms. The molecule has 2 nitrogen and oxygen atoms in total. The number of aryl methyl sites for hydroxylation is 1. The van der Waals surface area contributed by atoms with Gasteiger partial charge in [0, 0.05) is 18.3 Å². The van der Waals surface area contributed by atoms with E-state index in [0.29, 0.717) is 5.88 Å². The molecule has 1 aromatic rings. The van der Waals surface area contributed by atoms with Gasteiger partial charge in [-0.25, -0.2) is 4.98 Å². The molecule has 0 atom stereocenters. The van der Waals surface area contributed by atoms with Crippen LogP contribution in [0.15, 0.2) is 5.38 Å². The third-order valence-electron chi connectivity index (χ3n) is 3.26. The molecule has 0 aliphatic heterocycles. The van der Waals surface area contributed by atoms with Gasteiger partial charge in [0.1, 0.15) is 0 Å². The second-order valence-electron chi connectivity index (χ2n) is 4.81. The molecule has 0 N–H and O–H groups in total. The SMILES string of the molecule is CCN(CCCc1nc(CCl)cs1)CC1CC1. The van der Waals surface area contributed by atoms with Crippen LogP contribution < -0.4 is 0 Å². The Kier molecular flexibility index (Phi) is 5.26. The van der Waals surface area contributed by atoms with E-state index in [-0.39, 0.29) is 0 Å². The van der Waals surface area contributed by atoms with E-state index >= 15 is 0 Å². The fourth-order valence-electron chi connectivity index (χ4n) is 2.02. The Labute approximate surface area is 113 Å². The summed E-state index contributed by atoms with van der Waals surface area (Å²) < 4.78 is 0. The lowest BCUT2D eigenvalue weighted by atomic mass is 10.2. The van der Waals surface area contributed by atoms with Crippen molar-refractivity contribution >= 4 is 22.9 Å². The molecule has 1 aliphatic carbocycles. The smallest absolute Gasteiger partial charge is 0.0929 e. The number of halogens is 1. The van der Waals surface area contributed by atoms with E-state index in [2.05, 4.69) is 22.2 Å². The predicted octanol–water partition coefficient (Wildman–Crippen LogP) is 3.55. The fourth-order valence-corrected chi connectivity index (χ4v) is 3.09. The topological polar surface area (TPSA) is 16.1 Å². The van der Waals surface area contributed by atoms with Gasteiger partial charge in [-0.2, -0.15) is 0 Å². The average molecular weight is 273 g/mol. The van der Waals surface area contributed by atoms with Crippen molar-refractivity contribution in [3.8, 4) is 0 Å². The summed E-state index contributed by atoms with van der Waals surface area (Å²) >= 11 is 7.49. The highest BCUT2D eigenvalue weighted by molar-refractivity contribution is 7.09. The third kappa shape index (κ3) is 4.57. The van der Waals surface area contributed by atoms with Crippen LogP contribution in [0.2, 0.25) is 0 Å². The fraction of sp³-hybridized carbons (Fsp3) is 0.769. The van der Waals surface area contributed by atoms with Crippen LogP contribution in [-0.4, -0.2) is 29.5 Å². The van der Waals surface area contributed by atoms with Gasteiger partial charge in [-0.15, -0.1) is 22.9 Å². The van der Waals surface area contributed by atoms with Crippen molar-refractivity contribution < 1.29 is 0 Å². The Hall–Kier alpha value is -0.120. The van der Waals surface area contributed by atoms with Crippen LogP contribution in [0.5, 0.6) is 0 Å². The van der Waals surface area contributed by atoms with Gasteiger partial charge in [-0.3, -0.25) is 0 Å². The maximum absolute atomic E-state index is 5.75. The van der Waals surface area contributed by atoms with E-state index < -0.39 is 0 Å². The van der Waals surface area contributed by atoms with E-state index in [9.17, 15) is 0 Å². The lowest BCUT2D eigenvalue weighted by Crippen LogP contribution is -2.27. The molecular weight excluding hydrogens is 252 g/mol. The molecule has 0 unspecified atom stereocenters. The van der Waals surface area contributed by atoms with Gasteiger partial charge in [0.2, 0.25) is 0 Å². The summed E-state index contributed by atoms with van der Waals surface area (Å²) in [5, 5.41) is 3.31. The van der Waals surface area contributed by atoms with E-state index in [1.807, 2.05) is 0 Å². The lowest BCUT2D eigenvalue weighted by Gasteiger charge is -2.19. The molecule has 0 amide bonds. The molecule has 1 heterocycles. The summed E-state index contributed by atoms with van der Waals surface area (Å²) in [6.07, 6.45) is 5.21. The number of hydrogen-bond acceptors (Lipinski definition) is 3. The zero-order valence-corrected chi connectivity index (χ0v) is 12.1. The maximum Gasteiger partial charge on any atom is 0.0929 e. The molecule has 1 saturated carbocycles. The Morgan fingerprint density at radius 2 is 2.35 bits per heavy atom. The normalized spacial score (nSPS) is 15.7. The van der Waals surface area contributed by atoms with Gasteiger partial charge in [0.25, 0.3) is 0 Å². The zero-order chi connectivity index (χ0) is 12.1. The van der Waals surface area contributed by atoms with Gasteiger partial charge in [-0.1, -0.05) is 6.92 Å². The predicted molar refractivity (Wildman–Crippen MR) is 74.8 cm³/mol. The largest absolute Gasteiger partial charge is 0.303 e. The quantitative estimate of drug-likeness (QED) is 0.673. The first-order valence-corrected chi connectivity index (χ1v) is 7.94. The van der Waals surface area contributed by atoms with Crippen LogP contribution in [0, 0.1) is 5.92 Å². The molecule has 1 aliphatic rings. The van der Waals surface area contributed by atoms with Gasteiger partial charge in [-0.05, 0) is 38.3 Å². The minimum atomic E-state index is 0.541. The van der Waals surface area contributed by atoms with Crippen LogP contribution in [-0.2, 0) is 12.3 Å². The first-order valence-electron chi connectivity index (χ1n) is 6.53. The van der Waals surface area contributed by atoms with E-state index in [4.69, 9.17) is 11.6 Å². The lowest BCUT2D eigenvalue weighted by molar-refractivity contribution is 0.273. The molecule has 0 aromatic carbocycles. The second-order valence-corrected chi connectivity index (χ2v) is 6.02. The molecule has 0 bridgehead atoms. The van der Waals surface area contributed by atoms with Crippen molar-refractivity contribution in [2.75, 3.05) is 19.6 Å². The third-order valence-corrected chi connectivity index (χ3v) is 4.49. The minimum Gasteiger partial charge on any atom is -0.303 e. The molecule has 1 aromatic heterocycles. The summed E-state index contributed by atoms with van der Waals surface area (Å²) in [7, 11) is 0. The van der Waals surface area contributed by atoms with Crippen LogP contribution in [0.25, 0.3) is 0 Å². The summed E-state index contributed by atoms with van der Waals surface area (Å²) in [5.41, 5.74) is 1.02. The highest BCUT2D eigenvalue weighted by atomic mass is 35.5. The van der Waals surface area contributed by atoms with Gasteiger partial charge in [0.05, 0.1) is 16.6 Å². The summed E-state index contributed by atoms with van der Waals surface area (Å²) in [4.78, 5) is 7.07. The number of hydrogen-bond donors (Lipinski definition) is 0. The Balaban J connectivity index is 1.66. The monoisotopic (exact) mass is 272 g/mol. The summed E-state index contributed by atoms with van der Waals surface area (Å²) in [6.45, 7) is 5.96. The van der Waals surface area contributed by atoms with Crippen molar-refractivity contribution in [3.63, 3.8) is 0 Å². The van der Waals surface area contributed by atoms with Crippen molar-refractivity contribution in [3.05, 3.63) is 16.1 Å². The first kappa shape index (κ1) is 13.3. The number of nitrogens with zero attached hydrogens (tertiary/aromatic N) is 2. The molecule has 0 saturated heterocycles. The van der Waals surface area contributed by atoms with Gasteiger partial charge >= 0.3 is 0 Å². The molecule has 0 spiro atoms. The summed E-state index contributed by atoms with van der Waals surface area (Å²) in [5.74, 6) is 1.54. The van der Waals surface area contributed by atoms with Crippen molar-refractivity contribution in [1.29, 1.82) is 0 Å². The van der Waals surface area contributed by atoms with Crippen LogP contribution >= 0.6 is 22.9 Å². The summed E-state index contributed by atoms with van der Waals surface area (Å²) in [6, 6.07) is 0. The standard InChI is InChI=1S/C13H21ClN2S/c1-2-16(9-11-5-6-11)7-3-4-13-15-12(8-14)10-17-13/h10-11H,2-9H2,1H3. The number of thiazole rings is 1. The van der Waals surface area contributed by atoms with Crippen LogP contribution in [0.4, 0.5) is 0 Å². The molecule has 1 fully saturated rings. The number of alkyl halides is 1. The van der Waals surface area contributed by atoms with Crippen LogP contribution in [0.3, 0.4) is 0 Å². The molecule has 96 valence electrons. The van der Waals surface area contributed by atoms with Crippen molar-refractivity contribution in [2.45, 2.75) is 38.5 Å². The van der Waals surface area contributed by atoms with Crippen molar-refractivity contribution in [2.24, 2.45) is 5.92 Å². The molecular formula is C13H21ClN2S. The number of aromatic nitrogens is 1.